The predicted octanol–water partition coefficient (Wildman–Crippen LogP) is 4.66. The van der Waals surface area contributed by atoms with Crippen molar-refractivity contribution in [1.82, 2.24) is 4.57 Å². The SMILES string of the molecule is Cc1cccc(OCC(=O)c2cc(C)n(-c3ccccc3)c2C)c1. The van der Waals surface area contributed by atoms with Gasteiger partial charge in [-0.1, -0.05) is 30.3 Å². The Morgan fingerprint density at radius 2 is 1.71 bits per heavy atom. The molecule has 0 unspecified atom stereocenters. The number of aromatic nitrogens is 1. The van der Waals surface area contributed by atoms with Crippen LogP contribution < -0.4 is 4.74 Å². The average molecular weight is 319 g/mol. The van der Waals surface area contributed by atoms with Gasteiger partial charge in [0.2, 0.25) is 5.78 Å². The molecule has 0 radical (unpaired) electrons. The number of carbonyl (C=O) groups excluding carboxylic acids is 1. The van der Waals surface area contributed by atoms with Crippen molar-refractivity contribution in [3.05, 3.63) is 83.2 Å². The van der Waals surface area contributed by atoms with E-state index in [0.717, 1.165) is 28.4 Å². The van der Waals surface area contributed by atoms with Gasteiger partial charge in [-0.05, 0) is 56.7 Å². The minimum absolute atomic E-state index is 0.00760. The summed E-state index contributed by atoms with van der Waals surface area (Å²) in [4.78, 5) is 12.6. The Labute approximate surface area is 142 Å². The molecule has 0 fully saturated rings. The Kier molecular flexibility index (Phi) is 4.52. The lowest BCUT2D eigenvalue weighted by Crippen LogP contribution is -2.12. The molecule has 24 heavy (non-hydrogen) atoms. The molecule has 3 heteroatoms. The summed E-state index contributed by atoms with van der Waals surface area (Å²) in [6, 6.07) is 19.7. The molecule has 0 aliphatic carbocycles. The van der Waals surface area contributed by atoms with Gasteiger partial charge in [-0.3, -0.25) is 4.79 Å². The quantitative estimate of drug-likeness (QED) is 0.640. The molecule has 0 saturated carbocycles. The highest BCUT2D eigenvalue weighted by molar-refractivity contribution is 5.98. The highest BCUT2D eigenvalue weighted by atomic mass is 16.5. The molecule has 0 saturated heterocycles. The first-order chi connectivity index (χ1) is 11.6. The smallest absolute Gasteiger partial charge is 0.202 e. The van der Waals surface area contributed by atoms with E-state index in [4.69, 9.17) is 4.74 Å². The minimum atomic E-state index is -0.00760. The van der Waals surface area contributed by atoms with Crippen molar-refractivity contribution >= 4 is 5.78 Å². The van der Waals surface area contributed by atoms with Crippen molar-refractivity contribution in [3.8, 4) is 11.4 Å². The van der Waals surface area contributed by atoms with E-state index < -0.39 is 0 Å². The standard InChI is InChI=1S/C21H21NO2/c1-15-8-7-11-19(12-15)24-14-21(23)20-13-16(2)22(17(20)3)18-9-5-4-6-10-18/h4-13H,14H2,1-3H3. The number of nitrogens with zero attached hydrogens (tertiary/aromatic N) is 1. The van der Waals surface area contributed by atoms with E-state index in [1.165, 1.54) is 0 Å². The first kappa shape index (κ1) is 16.1. The summed E-state index contributed by atoms with van der Waals surface area (Å²) in [6.45, 7) is 6.03. The van der Waals surface area contributed by atoms with Gasteiger partial charge in [0, 0.05) is 22.6 Å². The predicted molar refractivity (Wildman–Crippen MR) is 96.2 cm³/mol. The molecule has 122 valence electrons. The summed E-state index contributed by atoms with van der Waals surface area (Å²) >= 11 is 0. The van der Waals surface area contributed by atoms with Crippen LogP contribution >= 0.6 is 0 Å². The van der Waals surface area contributed by atoms with Gasteiger partial charge in [-0.15, -0.1) is 0 Å². The minimum Gasteiger partial charge on any atom is -0.485 e. The van der Waals surface area contributed by atoms with Crippen LogP contribution in [0.1, 0.15) is 27.3 Å². The number of ether oxygens (including phenoxy) is 1. The van der Waals surface area contributed by atoms with E-state index in [-0.39, 0.29) is 12.4 Å². The van der Waals surface area contributed by atoms with Crippen LogP contribution in [0.2, 0.25) is 0 Å². The van der Waals surface area contributed by atoms with Crippen molar-refractivity contribution in [1.29, 1.82) is 0 Å². The zero-order chi connectivity index (χ0) is 17.1. The van der Waals surface area contributed by atoms with E-state index in [1.807, 2.05) is 81.4 Å². The summed E-state index contributed by atoms with van der Waals surface area (Å²) in [5, 5.41) is 0. The van der Waals surface area contributed by atoms with Gasteiger partial charge in [0.25, 0.3) is 0 Å². The summed E-state index contributed by atoms with van der Waals surface area (Å²) in [7, 11) is 0. The van der Waals surface area contributed by atoms with Gasteiger partial charge >= 0.3 is 0 Å². The molecule has 0 amide bonds. The number of hydrogen-bond acceptors (Lipinski definition) is 2. The fraction of sp³-hybridized carbons (Fsp3) is 0.190. The Bertz CT molecular complexity index is 863. The molecule has 2 aromatic carbocycles. The Morgan fingerprint density at radius 3 is 2.42 bits per heavy atom. The zero-order valence-electron chi connectivity index (χ0n) is 14.2. The number of ketones is 1. The molecular weight excluding hydrogens is 298 g/mol. The molecule has 1 heterocycles. The molecule has 0 aliphatic heterocycles. The van der Waals surface area contributed by atoms with Crippen LogP contribution in [0.15, 0.2) is 60.7 Å². The van der Waals surface area contributed by atoms with Gasteiger partial charge in [0.1, 0.15) is 5.75 Å². The second kappa shape index (κ2) is 6.75. The number of rotatable bonds is 5. The number of hydrogen-bond donors (Lipinski definition) is 0. The number of Topliss-reactive ketones (excluding diaryl/α,β-unsaturated/α-hetero) is 1. The lowest BCUT2D eigenvalue weighted by atomic mass is 10.1. The molecule has 3 nitrogen and oxygen atoms in total. The molecular formula is C21H21NO2. The van der Waals surface area contributed by atoms with Crippen molar-refractivity contribution in [3.63, 3.8) is 0 Å². The lowest BCUT2D eigenvalue weighted by molar-refractivity contribution is 0.0921. The van der Waals surface area contributed by atoms with Crippen LogP contribution in [0.25, 0.3) is 5.69 Å². The summed E-state index contributed by atoms with van der Waals surface area (Å²) in [6.07, 6.45) is 0. The average Bonchev–Trinajstić information content (AvgIpc) is 2.88. The molecule has 1 aromatic heterocycles. The Morgan fingerprint density at radius 1 is 0.958 bits per heavy atom. The highest BCUT2D eigenvalue weighted by Crippen LogP contribution is 2.21. The van der Waals surface area contributed by atoms with Crippen LogP contribution in [-0.2, 0) is 0 Å². The summed E-state index contributed by atoms with van der Waals surface area (Å²) in [5.74, 6) is 0.715. The fourth-order valence-electron chi connectivity index (χ4n) is 2.95. The van der Waals surface area contributed by atoms with Crippen molar-refractivity contribution < 1.29 is 9.53 Å². The van der Waals surface area contributed by atoms with Crippen molar-refractivity contribution in [2.75, 3.05) is 6.61 Å². The molecule has 3 aromatic rings. The Balaban J connectivity index is 1.81. The number of aryl methyl sites for hydroxylation is 2. The third-order valence-electron chi connectivity index (χ3n) is 4.11. The molecule has 0 aliphatic rings. The van der Waals surface area contributed by atoms with E-state index in [1.54, 1.807) is 0 Å². The maximum absolute atomic E-state index is 12.6. The number of para-hydroxylation sites is 1. The zero-order valence-corrected chi connectivity index (χ0v) is 14.2. The first-order valence-corrected chi connectivity index (χ1v) is 8.03. The fourth-order valence-corrected chi connectivity index (χ4v) is 2.95. The molecule has 0 bridgehead atoms. The third-order valence-corrected chi connectivity index (χ3v) is 4.11. The van der Waals surface area contributed by atoms with Gasteiger partial charge in [0.05, 0.1) is 0 Å². The number of benzene rings is 2. The second-order valence-electron chi connectivity index (χ2n) is 5.98. The summed E-state index contributed by atoms with van der Waals surface area (Å²) in [5.41, 5.74) is 4.87. The molecule has 0 spiro atoms. The van der Waals surface area contributed by atoms with E-state index in [9.17, 15) is 4.79 Å². The maximum Gasteiger partial charge on any atom is 0.202 e. The van der Waals surface area contributed by atoms with E-state index in [2.05, 4.69) is 4.57 Å². The van der Waals surface area contributed by atoms with Gasteiger partial charge < -0.3 is 9.30 Å². The van der Waals surface area contributed by atoms with Crippen molar-refractivity contribution in [2.24, 2.45) is 0 Å². The molecule has 3 rings (SSSR count). The van der Waals surface area contributed by atoms with E-state index >= 15 is 0 Å². The van der Waals surface area contributed by atoms with Crippen LogP contribution in [0.3, 0.4) is 0 Å². The summed E-state index contributed by atoms with van der Waals surface area (Å²) < 4.78 is 7.75. The van der Waals surface area contributed by atoms with Gasteiger partial charge in [-0.2, -0.15) is 0 Å². The molecule has 0 N–H and O–H groups in total. The largest absolute Gasteiger partial charge is 0.485 e. The highest BCUT2D eigenvalue weighted by Gasteiger charge is 2.17. The van der Waals surface area contributed by atoms with Gasteiger partial charge in [0.15, 0.2) is 6.61 Å². The van der Waals surface area contributed by atoms with Crippen LogP contribution in [0, 0.1) is 20.8 Å². The topological polar surface area (TPSA) is 31.2 Å². The van der Waals surface area contributed by atoms with Crippen LogP contribution in [0.5, 0.6) is 5.75 Å². The maximum atomic E-state index is 12.6. The lowest BCUT2D eigenvalue weighted by Gasteiger charge is -2.10. The number of carbonyl (C=O) groups is 1. The van der Waals surface area contributed by atoms with E-state index in [0.29, 0.717) is 5.56 Å². The normalized spacial score (nSPS) is 10.6. The van der Waals surface area contributed by atoms with Gasteiger partial charge in [-0.25, -0.2) is 0 Å². The first-order valence-electron chi connectivity index (χ1n) is 8.03. The molecule has 0 atom stereocenters. The third kappa shape index (κ3) is 3.25. The van der Waals surface area contributed by atoms with Crippen molar-refractivity contribution in [2.45, 2.75) is 20.8 Å². The monoisotopic (exact) mass is 319 g/mol. The second-order valence-corrected chi connectivity index (χ2v) is 5.98. The van der Waals surface area contributed by atoms with Crippen LogP contribution in [-0.4, -0.2) is 17.0 Å². The Hall–Kier alpha value is -2.81. The van der Waals surface area contributed by atoms with Crippen LogP contribution in [0.4, 0.5) is 0 Å².